The molecule has 3 atom stereocenters. The van der Waals surface area contributed by atoms with E-state index in [1.54, 1.807) is 0 Å². The first kappa shape index (κ1) is 53.6. The number of ether oxygens (including phenoxy) is 1. The van der Waals surface area contributed by atoms with E-state index in [-0.39, 0.29) is 24.9 Å². The molecule has 0 aliphatic heterocycles. The molecule has 56 heavy (non-hydrogen) atoms. The van der Waals surface area contributed by atoms with Gasteiger partial charge in [0.25, 0.3) is 0 Å². The number of carbonyl (C=O) groups excluding carboxylic acids is 2. The Labute approximate surface area is 346 Å². The van der Waals surface area contributed by atoms with Crippen LogP contribution in [0.2, 0.25) is 0 Å². The number of rotatable bonds is 41. The van der Waals surface area contributed by atoms with Crippen molar-refractivity contribution in [3.63, 3.8) is 0 Å². The van der Waals surface area contributed by atoms with E-state index in [4.69, 9.17) is 4.74 Å². The van der Waals surface area contributed by atoms with Crippen LogP contribution in [-0.4, -0.2) is 46.9 Å². The lowest BCUT2D eigenvalue weighted by Crippen LogP contribution is -2.46. The lowest BCUT2D eigenvalue weighted by molar-refractivity contribution is -0.151. The number of carbonyl (C=O) groups is 2. The summed E-state index contributed by atoms with van der Waals surface area (Å²) in [5.41, 5.74) is 0. The number of hydrogen-bond acceptors (Lipinski definition) is 5. The summed E-state index contributed by atoms with van der Waals surface area (Å²) in [5.74, 6) is -0.533. The molecule has 0 fully saturated rings. The van der Waals surface area contributed by atoms with Crippen molar-refractivity contribution in [3.05, 3.63) is 60.8 Å². The molecule has 0 heterocycles. The number of allylic oxidation sites excluding steroid dienone is 10. The fourth-order valence-electron chi connectivity index (χ4n) is 6.78. The summed E-state index contributed by atoms with van der Waals surface area (Å²) in [6.07, 6.45) is 52.9. The molecule has 0 radical (unpaired) electrons. The van der Waals surface area contributed by atoms with Crippen LogP contribution in [0.5, 0.6) is 0 Å². The van der Waals surface area contributed by atoms with Gasteiger partial charge in [-0.1, -0.05) is 184 Å². The van der Waals surface area contributed by atoms with E-state index in [2.05, 4.69) is 86.8 Å². The summed E-state index contributed by atoms with van der Waals surface area (Å²) in [7, 11) is 0. The van der Waals surface area contributed by atoms with Gasteiger partial charge in [-0.25, -0.2) is 0 Å². The molecule has 0 rings (SSSR count). The Bertz CT molecular complexity index is 1010. The molecule has 0 saturated heterocycles. The van der Waals surface area contributed by atoms with Crippen molar-refractivity contribution in [2.24, 2.45) is 0 Å². The topological polar surface area (TPSA) is 95.9 Å². The number of unbranched alkanes of at least 4 members (excludes halogenated alkanes) is 19. The molecule has 0 aliphatic rings. The number of hydrogen-bond donors (Lipinski definition) is 3. The van der Waals surface area contributed by atoms with Gasteiger partial charge >= 0.3 is 5.97 Å². The van der Waals surface area contributed by atoms with E-state index in [1.807, 2.05) is 0 Å². The molecule has 3 unspecified atom stereocenters. The Balaban J connectivity index is 4.53. The Hall–Kier alpha value is -2.44. The second-order valence-electron chi connectivity index (χ2n) is 15.8. The van der Waals surface area contributed by atoms with E-state index in [9.17, 15) is 19.8 Å². The molecule has 6 heteroatoms. The number of aliphatic hydroxyl groups excluding tert-OH is 2. The molecule has 0 aliphatic carbocycles. The lowest BCUT2D eigenvalue weighted by atomic mass is 10.0. The van der Waals surface area contributed by atoms with Crippen molar-refractivity contribution >= 4 is 11.9 Å². The van der Waals surface area contributed by atoms with E-state index in [0.29, 0.717) is 19.3 Å². The van der Waals surface area contributed by atoms with Crippen LogP contribution in [0.25, 0.3) is 0 Å². The van der Waals surface area contributed by atoms with Gasteiger partial charge in [-0.15, -0.1) is 0 Å². The minimum Gasteiger partial charge on any atom is -0.462 e. The first-order chi connectivity index (χ1) is 27.5. The normalized spacial score (nSPS) is 13.9. The van der Waals surface area contributed by atoms with Crippen molar-refractivity contribution in [1.82, 2.24) is 5.32 Å². The Kier molecular flexibility index (Phi) is 41.8. The summed E-state index contributed by atoms with van der Waals surface area (Å²) >= 11 is 0. The molecule has 0 spiro atoms. The van der Waals surface area contributed by atoms with Crippen LogP contribution < -0.4 is 5.32 Å². The minimum atomic E-state index is -0.796. The highest BCUT2D eigenvalue weighted by molar-refractivity contribution is 5.77. The average molecular weight is 784 g/mol. The maximum Gasteiger partial charge on any atom is 0.306 e. The Morgan fingerprint density at radius 1 is 0.536 bits per heavy atom. The van der Waals surface area contributed by atoms with Crippen LogP contribution >= 0.6 is 0 Å². The fraction of sp³-hybridized carbons (Fsp3) is 0.760. The van der Waals surface area contributed by atoms with Crippen LogP contribution in [0.15, 0.2) is 60.8 Å². The summed E-state index contributed by atoms with van der Waals surface area (Å²) in [5, 5.41) is 23.6. The van der Waals surface area contributed by atoms with Crippen LogP contribution in [-0.2, 0) is 14.3 Å². The number of aliphatic hydroxyl groups is 2. The number of amides is 1. The third kappa shape index (κ3) is 38.4. The van der Waals surface area contributed by atoms with Gasteiger partial charge in [0.2, 0.25) is 5.91 Å². The zero-order chi connectivity index (χ0) is 41.0. The predicted octanol–water partition coefficient (Wildman–Crippen LogP) is 13.7. The van der Waals surface area contributed by atoms with Crippen molar-refractivity contribution in [2.75, 3.05) is 6.61 Å². The maximum absolute atomic E-state index is 13.1. The smallest absolute Gasteiger partial charge is 0.306 e. The van der Waals surface area contributed by atoms with Gasteiger partial charge in [-0.05, 0) is 83.5 Å². The molecular formula is C50H89NO5. The Morgan fingerprint density at radius 3 is 1.55 bits per heavy atom. The molecule has 0 bridgehead atoms. The van der Waals surface area contributed by atoms with E-state index >= 15 is 0 Å². The maximum atomic E-state index is 13.1. The molecule has 0 aromatic heterocycles. The largest absolute Gasteiger partial charge is 0.462 e. The number of nitrogens with one attached hydrogen (secondary N) is 1. The van der Waals surface area contributed by atoms with Crippen LogP contribution in [0.1, 0.15) is 220 Å². The van der Waals surface area contributed by atoms with Crippen LogP contribution in [0.3, 0.4) is 0 Å². The van der Waals surface area contributed by atoms with Crippen molar-refractivity contribution < 1.29 is 24.5 Å². The third-order valence-electron chi connectivity index (χ3n) is 10.3. The molecular weight excluding hydrogens is 695 g/mol. The SMILES string of the molecule is CC/C=C/C/C=C/C/C=C/C/C=C/CCCCCC(=O)OC(CCCCC/C=C\CCC)CC(=O)NC(CO)C(O)CCCCCCCCCCCCCCC. The van der Waals surface area contributed by atoms with Crippen LogP contribution in [0, 0.1) is 0 Å². The first-order valence-corrected chi connectivity index (χ1v) is 23.5. The van der Waals surface area contributed by atoms with E-state index < -0.39 is 18.2 Å². The number of esters is 1. The molecule has 6 nitrogen and oxygen atoms in total. The highest BCUT2D eigenvalue weighted by Gasteiger charge is 2.24. The van der Waals surface area contributed by atoms with Gasteiger partial charge in [0, 0.05) is 6.42 Å². The van der Waals surface area contributed by atoms with Crippen molar-refractivity contribution in [2.45, 2.75) is 238 Å². The van der Waals surface area contributed by atoms with Gasteiger partial charge in [-0.3, -0.25) is 9.59 Å². The van der Waals surface area contributed by atoms with Crippen LogP contribution in [0.4, 0.5) is 0 Å². The second-order valence-corrected chi connectivity index (χ2v) is 15.8. The summed E-state index contributed by atoms with van der Waals surface area (Å²) in [6, 6.07) is -0.712. The predicted molar refractivity (Wildman–Crippen MR) is 241 cm³/mol. The lowest BCUT2D eigenvalue weighted by Gasteiger charge is -2.24. The standard InChI is InChI=1S/C50H89NO5/c1-4-7-10-13-16-19-21-23-24-25-27-29-31-34-37-40-43-50(55)56-46(41-38-35-32-18-15-12-9-6-3)44-49(54)51-47(45-52)48(53)42-39-36-33-30-28-26-22-20-17-14-11-8-5-2/h7,10,12,15-16,19,23-24,27,29,46-48,52-53H,4-6,8-9,11,13-14,17-18,20-22,25-26,28,30-45H2,1-3H3,(H,51,54)/b10-7+,15-12-,19-16+,24-23+,29-27+. The molecule has 0 aromatic rings. The Morgan fingerprint density at radius 2 is 1.00 bits per heavy atom. The first-order valence-electron chi connectivity index (χ1n) is 23.5. The quantitative estimate of drug-likeness (QED) is 0.0326. The van der Waals surface area contributed by atoms with E-state index in [0.717, 1.165) is 109 Å². The van der Waals surface area contributed by atoms with Crippen molar-refractivity contribution in [1.29, 1.82) is 0 Å². The molecule has 0 aromatic carbocycles. The van der Waals surface area contributed by atoms with Gasteiger partial charge in [0.15, 0.2) is 0 Å². The highest BCUT2D eigenvalue weighted by Crippen LogP contribution is 2.17. The molecule has 1 amide bonds. The van der Waals surface area contributed by atoms with Gasteiger partial charge in [0.1, 0.15) is 6.10 Å². The van der Waals surface area contributed by atoms with Crippen molar-refractivity contribution in [3.8, 4) is 0 Å². The monoisotopic (exact) mass is 784 g/mol. The summed E-state index contributed by atoms with van der Waals surface area (Å²) in [4.78, 5) is 25.9. The van der Waals surface area contributed by atoms with Gasteiger partial charge in [0.05, 0.1) is 25.2 Å². The van der Waals surface area contributed by atoms with E-state index in [1.165, 1.54) is 64.2 Å². The minimum absolute atomic E-state index is 0.0515. The molecule has 0 saturated carbocycles. The fourth-order valence-corrected chi connectivity index (χ4v) is 6.78. The van der Waals surface area contributed by atoms with Gasteiger partial charge < -0.3 is 20.3 Å². The van der Waals surface area contributed by atoms with Gasteiger partial charge in [-0.2, -0.15) is 0 Å². The summed E-state index contributed by atoms with van der Waals surface area (Å²) in [6.45, 7) is 6.27. The second kappa shape index (κ2) is 43.7. The zero-order valence-corrected chi connectivity index (χ0v) is 36.8. The third-order valence-corrected chi connectivity index (χ3v) is 10.3. The average Bonchev–Trinajstić information content (AvgIpc) is 3.19. The highest BCUT2D eigenvalue weighted by atomic mass is 16.5. The summed E-state index contributed by atoms with van der Waals surface area (Å²) < 4.78 is 5.87. The zero-order valence-electron chi connectivity index (χ0n) is 36.8. The molecule has 3 N–H and O–H groups in total. The molecule has 324 valence electrons.